The van der Waals surface area contributed by atoms with E-state index in [2.05, 4.69) is 23.6 Å². The lowest BCUT2D eigenvalue weighted by atomic mass is 9.84. The molecule has 0 radical (unpaired) electrons. The Hall–Kier alpha value is -1.69. The molecular weight excluding hydrogens is 392 g/mol. The number of aryl methyl sites for hydroxylation is 2. The van der Waals surface area contributed by atoms with E-state index in [-0.39, 0.29) is 0 Å². The van der Waals surface area contributed by atoms with E-state index >= 15 is 0 Å². The molecule has 2 aromatic heterocycles. The molecule has 0 bridgehead atoms. The van der Waals surface area contributed by atoms with Crippen LogP contribution in [0.3, 0.4) is 0 Å². The number of rotatable bonds is 4. The molecule has 1 aliphatic heterocycles. The van der Waals surface area contributed by atoms with Crippen LogP contribution in [0.4, 0.5) is 5.82 Å². The molecule has 1 atom stereocenters. The van der Waals surface area contributed by atoms with E-state index in [1.165, 1.54) is 52.8 Å². The normalized spacial score (nSPS) is 21.3. The molecule has 6 heteroatoms. The van der Waals surface area contributed by atoms with Gasteiger partial charge in [-0.3, -0.25) is 4.79 Å². The minimum atomic E-state index is 0.298. The van der Waals surface area contributed by atoms with Gasteiger partial charge in [-0.2, -0.15) is 0 Å². The fourth-order valence-corrected chi connectivity index (χ4v) is 6.28. The first-order valence-electron chi connectivity index (χ1n) is 12.0. The smallest absolute Gasteiger partial charge is 0.225 e. The van der Waals surface area contributed by atoms with Crippen LogP contribution < -0.4 is 4.90 Å². The molecule has 3 heterocycles. The molecule has 30 heavy (non-hydrogen) atoms. The molecular formula is C24H34N4OS. The van der Waals surface area contributed by atoms with Crippen LogP contribution in [0.15, 0.2) is 0 Å². The average molecular weight is 427 g/mol. The number of aromatic nitrogens is 2. The highest BCUT2D eigenvalue weighted by atomic mass is 32.1. The molecule has 5 rings (SSSR count). The van der Waals surface area contributed by atoms with Gasteiger partial charge in [-0.05, 0) is 50.5 Å². The summed E-state index contributed by atoms with van der Waals surface area (Å²) in [4.78, 5) is 30.2. The van der Waals surface area contributed by atoms with Crippen molar-refractivity contribution in [2.45, 2.75) is 77.6 Å². The van der Waals surface area contributed by atoms with E-state index in [1.807, 2.05) is 11.3 Å². The van der Waals surface area contributed by atoms with Gasteiger partial charge in [0.1, 0.15) is 16.5 Å². The predicted octanol–water partition coefficient (Wildman–Crippen LogP) is 4.92. The van der Waals surface area contributed by atoms with Gasteiger partial charge < -0.3 is 9.80 Å². The summed E-state index contributed by atoms with van der Waals surface area (Å²) >= 11 is 1.91. The Kier molecular flexibility index (Phi) is 5.69. The van der Waals surface area contributed by atoms with Crippen molar-refractivity contribution in [1.82, 2.24) is 14.9 Å². The van der Waals surface area contributed by atoms with Gasteiger partial charge in [0.15, 0.2) is 0 Å². The highest BCUT2D eigenvalue weighted by molar-refractivity contribution is 7.19. The van der Waals surface area contributed by atoms with Crippen molar-refractivity contribution in [3.63, 3.8) is 0 Å². The number of carbonyl (C=O) groups is 1. The molecule has 0 N–H and O–H groups in total. The monoisotopic (exact) mass is 426 g/mol. The van der Waals surface area contributed by atoms with Crippen molar-refractivity contribution >= 4 is 33.3 Å². The third-order valence-electron chi connectivity index (χ3n) is 7.46. The van der Waals surface area contributed by atoms with Crippen LogP contribution in [0, 0.1) is 5.92 Å². The quantitative estimate of drug-likeness (QED) is 0.651. The number of piperazine rings is 1. The molecule has 2 aromatic rings. The van der Waals surface area contributed by atoms with Gasteiger partial charge in [-0.1, -0.05) is 26.7 Å². The zero-order valence-electron chi connectivity index (χ0n) is 18.5. The van der Waals surface area contributed by atoms with Gasteiger partial charge in [0.25, 0.3) is 0 Å². The number of anilines is 1. The number of amides is 1. The maximum atomic E-state index is 12.7. The molecule has 1 amide bonds. The van der Waals surface area contributed by atoms with E-state index in [4.69, 9.17) is 9.97 Å². The lowest BCUT2D eigenvalue weighted by Crippen LogP contribution is -2.51. The second kappa shape index (κ2) is 8.45. The van der Waals surface area contributed by atoms with Gasteiger partial charge >= 0.3 is 0 Å². The summed E-state index contributed by atoms with van der Waals surface area (Å²) in [6, 6.07) is 0. The predicted molar refractivity (Wildman–Crippen MR) is 124 cm³/mol. The molecule has 0 spiro atoms. The molecule has 2 fully saturated rings. The number of hydrogen-bond donors (Lipinski definition) is 0. The molecule has 5 nitrogen and oxygen atoms in total. The van der Waals surface area contributed by atoms with Gasteiger partial charge in [0.2, 0.25) is 5.91 Å². The van der Waals surface area contributed by atoms with E-state index in [9.17, 15) is 4.79 Å². The topological polar surface area (TPSA) is 49.3 Å². The Morgan fingerprint density at radius 3 is 2.53 bits per heavy atom. The number of carbonyl (C=O) groups excluding carboxylic acids is 1. The fraction of sp³-hybridized carbons (Fsp3) is 0.708. The SMILES string of the molecule is CC[C@H](C)c1nc(N2CCN(C(=O)C3CCC3)CC2)c2c3c(sc2n1)CCCCC3. The summed E-state index contributed by atoms with van der Waals surface area (Å²) in [7, 11) is 0. The van der Waals surface area contributed by atoms with Crippen molar-refractivity contribution in [1.29, 1.82) is 0 Å². The van der Waals surface area contributed by atoms with E-state index in [0.29, 0.717) is 17.7 Å². The Labute approximate surface area is 183 Å². The first kappa shape index (κ1) is 20.2. The standard InChI is InChI=1S/C24H34N4OS/c1-3-16(2)21-25-22(20-18-10-5-4-6-11-19(18)30-23(20)26-21)27-12-14-28(15-13-27)24(29)17-8-7-9-17/h16-17H,3-15H2,1-2H3/t16-/m0/s1. The zero-order valence-corrected chi connectivity index (χ0v) is 19.3. The van der Waals surface area contributed by atoms with Crippen LogP contribution in [0.25, 0.3) is 10.2 Å². The van der Waals surface area contributed by atoms with Crippen LogP contribution in [-0.4, -0.2) is 47.0 Å². The van der Waals surface area contributed by atoms with Crippen molar-refractivity contribution in [2.75, 3.05) is 31.1 Å². The lowest BCUT2D eigenvalue weighted by molar-refractivity contribution is -0.138. The molecule has 0 aromatic carbocycles. The lowest BCUT2D eigenvalue weighted by Gasteiger charge is -2.39. The van der Waals surface area contributed by atoms with Gasteiger partial charge in [0, 0.05) is 42.9 Å². The van der Waals surface area contributed by atoms with Gasteiger partial charge in [-0.15, -0.1) is 11.3 Å². The molecule has 162 valence electrons. The van der Waals surface area contributed by atoms with Crippen LogP contribution in [0.5, 0.6) is 0 Å². The zero-order chi connectivity index (χ0) is 20.7. The second-order valence-electron chi connectivity index (χ2n) is 9.40. The van der Waals surface area contributed by atoms with Crippen LogP contribution in [0.2, 0.25) is 0 Å². The Morgan fingerprint density at radius 1 is 1.07 bits per heavy atom. The Morgan fingerprint density at radius 2 is 1.83 bits per heavy atom. The highest BCUT2D eigenvalue weighted by Gasteiger charge is 2.32. The molecule has 3 aliphatic rings. The summed E-state index contributed by atoms with van der Waals surface area (Å²) < 4.78 is 0. The van der Waals surface area contributed by atoms with E-state index in [0.717, 1.165) is 63.5 Å². The molecule has 1 saturated heterocycles. The summed E-state index contributed by atoms with van der Waals surface area (Å²) in [6.07, 6.45) is 10.7. The maximum Gasteiger partial charge on any atom is 0.225 e. The Balaban J connectivity index is 1.47. The number of hydrogen-bond acceptors (Lipinski definition) is 5. The first-order chi connectivity index (χ1) is 14.7. The van der Waals surface area contributed by atoms with Crippen molar-refractivity contribution in [2.24, 2.45) is 5.92 Å². The number of thiophene rings is 1. The summed E-state index contributed by atoms with van der Waals surface area (Å²) in [5.74, 6) is 3.19. The van der Waals surface area contributed by atoms with Gasteiger partial charge in [-0.25, -0.2) is 9.97 Å². The van der Waals surface area contributed by atoms with Crippen LogP contribution in [0.1, 0.15) is 81.0 Å². The van der Waals surface area contributed by atoms with Crippen molar-refractivity contribution in [3.8, 4) is 0 Å². The average Bonchev–Trinajstić information content (AvgIpc) is 2.92. The minimum absolute atomic E-state index is 0.298. The third kappa shape index (κ3) is 3.61. The highest BCUT2D eigenvalue weighted by Crippen LogP contribution is 2.40. The second-order valence-corrected chi connectivity index (χ2v) is 10.5. The first-order valence-corrected chi connectivity index (χ1v) is 12.8. The molecule has 1 saturated carbocycles. The van der Waals surface area contributed by atoms with E-state index in [1.54, 1.807) is 0 Å². The summed E-state index contributed by atoms with van der Waals surface area (Å²) in [5, 5.41) is 1.32. The summed E-state index contributed by atoms with van der Waals surface area (Å²) in [6.45, 7) is 7.87. The Bertz CT molecular complexity index is 927. The minimum Gasteiger partial charge on any atom is -0.352 e. The van der Waals surface area contributed by atoms with Crippen LogP contribution >= 0.6 is 11.3 Å². The van der Waals surface area contributed by atoms with E-state index < -0.39 is 0 Å². The van der Waals surface area contributed by atoms with Crippen molar-refractivity contribution in [3.05, 3.63) is 16.3 Å². The number of fused-ring (bicyclic) bond motifs is 3. The molecule has 2 aliphatic carbocycles. The maximum absolute atomic E-state index is 12.7. The number of nitrogens with zero attached hydrogens (tertiary/aromatic N) is 4. The molecule has 0 unspecified atom stereocenters. The van der Waals surface area contributed by atoms with Crippen molar-refractivity contribution < 1.29 is 4.79 Å². The fourth-order valence-electron chi connectivity index (χ4n) is 5.01. The largest absolute Gasteiger partial charge is 0.352 e. The summed E-state index contributed by atoms with van der Waals surface area (Å²) in [5.41, 5.74) is 1.52. The van der Waals surface area contributed by atoms with Gasteiger partial charge in [0.05, 0.1) is 5.39 Å². The van der Waals surface area contributed by atoms with Crippen LogP contribution in [-0.2, 0) is 17.6 Å². The third-order valence-corrected chi connectivity index (χ3v) is 8.65.